The molecule has 0 aromatic heterocycles. The molecular weight excluding hydrogens is 1370 g/mol. The summed E-state index contributed by atoms with van der Waals surface area (Å²) in [5.41, 5.74) is 0. The zero-order valence-corrected chi connectivity index (χ0v) is 54.2. The fourth-order valence-electron chi connectivity index (χ4n) is 12.7. The Morgan fingerprint density at radius 1 is 0.280 bits per heavy atom. The van der Waals surface area contributed by atoms with Crippen molar-refractivity contribution in [2.45, 2.75) is 280 Å². The van der Waals surface area contributed by atoms with Crippen LogP contribution in [0.4, 0.5) is 0 Å². The Hall–Kier alpha value is -3.56. The maximum absolute atomic E-state index is 13.0. The highest BCUT2D eigenvalue weighted by Gasteiger charge is 2.59. The smallest absolute Gasteiger partial charge is 0.217 e. The van der Waals surface area contributed by atoms with Gasteiger partial charge in [0, 0.05) is 27.7 Å². The van der Waals surface area contributed by atoms with Crippen LogP contribution in [0.2, 0.25) is 0 Å². The highest BCUT2D eigenvalue weighted by atomic mass is 16.8. The second-order valence-corrected chi connectivity index (χ2v) is 25.4. The summed E-state index contributed by atoms with van der Waals surface area (Å²) >= 11 is 0. The van der Waals surface area contributed by atoms with Gasteiger partial charge in [0.15, 0.2) is 50.3 Å². The molecule has 8 heterocycles. The number of hydrogen-bond donors (Lipinski definition) is 25. The van der Waals surface area contributed by atoms with Crippen molar-refractivity contribution in [1.29, 1.82) is 0 Å². The number of carbonyl (C=O) groups is 4. The Morgan fingerprint density at radius 3 is 1.16 bits per heavy atom. The minimum atomic E-state index is -2.42. The van der Waals surface area contributed by atoms with Gasteiger partial charge in [0.05, 0.1) is 52.4 Å². The number of carbonyl (C=O) groups excluding carboxylic acids is 4. The number of nitrogens with one attached hydrogen (secondary N) is 4. The standard InChI is InChI=1S/C56H94N4O40/c1-13-29(69)39(79)42(82)53(89-13)87-12-24-46(37(77)25(49(85)90-24)57-14(2)65)97-52-28(60-17(5)68)38(78)45(21(9-64)94-52)98-55-44(84)47(99-54-43(83)40(80)32(72)20(8-63)93-54)34(74)23(95-55)11-88-56-48(100-51-27(59-16(4)67)36(76)31(71)19(7-62)92-51)41(81)33(73)22(96-56)10-86-50-26(58-15(3)66)35(75)30(70)18(6-61)91-50/h13,18-56,61-64,69-85H,6-12H2,1-5H3,(H,57,65)(H,58,66)(H,59,67)(H,60,68)/t13-,18-,19-,20-,21-,22-,23-,24-,25-,26-,27-,28-,29+,30-,31-,32-,33-,34-,35-,36-,37-,38-,39+,40+,41+,42-,43+,44+,45-,46-,47+,48+,49-,50-,51+,52+,53+,54-,55+,56+/m1/s1. The summed E-state index contributed by atoms with van der Waals surface area (Å²) in [5, 5.41) is 241. The van der Waals surface area contributed by atoms with Crippen molar-refractivity contribution in [2.24, 2.45) is 0 Å². The molecule has 578 valence electrons. The van der Waals surface area contributed by atoms with Crippen LogP contribution in [0.5, 0.6) is 0 Å². The van der Waals surface area contributed by atoms with Crippen LogP contribution in [0.1, 0.15) is 34.6 Å². The van der Waals surface area contributed by atoms with Crippen LogP contribution in [0.15, 0.2) is 0 Å². The van der Waals surface area contributed by atoms with E-state index in [-0.39, 0.29) is 0 Å². The monoisotopic (exact) mass is 1460 g/mol. The van der Waals surface area contributed by atoms with Crippen molar-refractivity contribution in [3.63, 3.8) is 0 Å². The summed E-state index contributed by atoms with van der Waals surface area (Å²) in [5.74, 6) is -3.34. The van der Waals surface area contributed by atoms with E-state index in [1.165, 1.54) is 6.92 Å². The Bertz CT molecular complexity index is 2620. The molecule has 44 heteroatoms. The van der Waals surface area contributed by atoms with Gasteiger partial charge in [-0.15, -0.1) is 0 Å². The molecule has 100 heavy (non-hydrogen) atoms. The average Bonchev–Trinajstić information content (AvgIpc) is 0.773. The zero-order valence-electron chi connectivity index (χ0n) is 54.2. The first-order valence-electron chi connectivity index (χ1n) is 32.0. The molecule has 44 nitrogen and oxygen atoms in total. The van der Waals surface area contributed by atoms with Gasteiger partial charge < -0.3 is 200 Å². The van der Waals surface area contributed by atoms with Crippen molar-refractivity contribution < 1.29 is 197 Å². The van der Waals surface area contributed by atoms with Crippen LogP contribution >= 0.6 is 0 Å². The predicted molar refractivity (Wildman–Crippen MR) is 309 cm³/mol. The van der Waals surface area contributed by atoms with E-state index in [0.29, 0.717) is 0 Å². The summed E-state index contributed by atoms with van der Waals surface area (Å²) in [6, 6.07) is -6.93. The Morgan fingerprint density at radius 2 is 0.620 bits per heavy atom. The van der Waals surface area contributed by atoms with E-state index in [2.05, 4.69) is 21.3 Å². The number of aliphatic hydroxyl groups is 21. The SMILES string of the molecule is CC(=O)N[C@@H]1[C@@H](O)[C@H](O[C@@H]2O[C@H](CO)[C@@H](O[C@@H]3O[C@H](CO[C@H]4O[C@H](CO[C@@H]5O[C@H](CO)[C@@H](O)[C@H](O)[C@H]5NC(C)=O)[C@@H](O)[C@H](O)[C@@H]4O[C@@H]4O[C@H](CO)[C@@H](O)[C@H](O)[C@H]4NC(C)=O)[C@@H](O)[C@H](O[C@H]4O[C@H](CO)[C@@H](O)[C@H](O)[C@@H]4O)[C@@H]3O)[C@H](O)[C@H]2NC(C)=O)[C@@H](CO[C@H]2O[C@H](C)[C@H](O)[C@H](O)[C@H]2O)O[C@H]1O. The summed E-state index contributed by atoms with van der Waals surface area (Å²) in [6.45, 7) is -1.57. The molecule has 25 N–H and O–H groups in total. The Kier molecular flexibility index (Phi) is 29.3. The molecule has 8 aliphatic rings. The van der Waals surface area contributed by atoms with E-state index < -0.39 is 315 Å². The van der Waals surface area contributed by atoms with E-state index in [9.17, 15) is 126 Å². The molecule has 8 rings (SSSR count). The summed E-state index contributed by atoms with van der Waals surface area (Å²) < 4.78 is 88.3. The third-order valence-electron chi connectivity index (χ3n) is 18.2. The van der Waals surface area contributed by atoms with Gasteiger partial charge in [-0.25, -0.2) is 0 Å². The molecule has 0 radical (unpaired) electrons. The van der Waals surface area contributed by atoms with Gasteiger partial charge in [0.25, 0.3) is 0 Å². The van der Waals surface area contributed by atoms with Crippen molar-refractivity contribution in [3.05, 3.63) is 0 Å². The maximum Gasteiger partial charge on any atom is 0.217 e. The van der Waals surface area contributed by atoms with Crippen LogP contribution in [-0.4, -0.2) is 423 Å². The van der Waals surface area contributed by atoms with Gasteiger partial charge in [-0.3, -0.25) is 19.2 Å². The van der Waals surface area contributed by atoms with Gasteiger partial charge >= 0.3 is 0 Å². The summed E-state index contributed by atoms with van der Waals surface area (Å²) in [7, 11) is 0. The lowest BCUT2D eigenvalue weighted by atomic mass is 9.93. The van der Waals surface area contributed by atoms with Crippen LogP contribution in [0, 0.1) is 0 Å². The minimum absolute atomic E-state index is 0.766. The molecule has 0 saturated carbocycles. The lowest BCUT2D eigenvalue weighted by Crippen LogP contribution is -2.70. The van der Waals surface area contributed by atoms with E-state index in [1.807, 2.05) is 0 Å². The van der Waals surface area contributed by atoms with E-state index in [1.54, 1.807) is 0 Å². The lowest BCUT2D eigenvalue weighted by Gasteiger charge is -2.50. The number of aliphatic hydroxyl groups excluding tert-OH is 21. The molecule has 0 aliphatic carbocycles. The molecule has 0 spiro atoms. The average molecular weight is 1460 g/mol. The molecule has 0 bridgehead atoms. The Balaban J connectivity index is 1.11. The van der Waals surface area contributed by atoms with Crippen LogP contribution in [0.25, 0.3) is 0 Å². The molecule has 8 aliphatic heterocycles. The number of amides is 4. The molecule has 8 fully saturated rings. The van der Waals surface area contributed by atoms with Gasteiger partial charge in [0.2, 0.25) is 23.6 Å². The van der Waals surface area contributed by atoms with Gasteiger partial charge in [-0.1, -0.05) is 0 Å². The molecule has 0 aromatic rings. The normalized spacial score (nSPS) is 48.7. The third kappa shape index (κ3) is 18.4. The maximum atomic E-state index is 13.0. The van der Waals surface area contributed by atoms with Crippen molar-refractivity contribution >= 4 is 23.6 Å². The second kappa shape index (κ2) is 35.7. The molecule has 8 saturated heterocycles. The van der Waals surface area contributed by atoms with Gasteiger partial charge in [0.1, 0.15) is 189 Å². The topological polar surface area (TPSA) is 680 Å². The van der Waals surface area contributed by atoms with Crippen LogP contribution in [-0.2, 0) is 90.2 Å². The van der Waals surface area contributed by atoms with Gasteiger partial charge in [-0.2, -0.15) is 0 Å². The van der Waals surface area contributed by atoms with Crippen molar-refractivity contribution in [1.82, 2.24) is 21.3 Å². The largest absolute Gasteiger partial charge is 0.394 e. The molecule has 0 aromatic carbocycles. The third-order valence-corrected chi connectivity index (χ3v) is 18.2. The lowest BCUT2D eigenvalue weighted by molar-refractivity contribution is -0.388. The van der Waals surface area contributed by atoms with Crippen molar-refractivity contribution in [3.8, 4) is 0 Å². The van der Waals surface area contributed by atoms with E-state index >= 15 is 0 Å². The first-order valence-corrected chi connectivity index (χ1v) is 32.0. The number of rotatable bonds is 25. The summed E-state index contributed by atoms with van der Waals surface area (Å²) in [4.78, 5) is 50.1. The predicted octanol–water partition coefficient (Wildman–Crippen LogP) is -16.8. The van der Waals surface area contributed by atoms with E-state index in [0.717, 1.165) is 27.7 Å². The number of ether oxygens (including phenoxy) is 15. The van der Waals surface area contributed by atoms with Gasteiger partial charge in [-0.05, 0) is 6.92 Å². The minimum Gasteiger partial charge on any atom is -0.394 e. The highest BCUT2D eigenvalue weighted by Crippen LogP contribution is 2.38. The summed E-state index contributed by atoms with van der Waals surface area (Å²) in [6.07, 6.45) is -70.7. The Labute approximate surface area is 567 Å². The first-order chi connectivity index (χ1) is 47.2. The quantitative estimate of drug-likeness (QED) is 0.0404. The molecule has 0 unspecified atom stereocenters. The molecular formula is C56H94N4O40. The number of hydrogen-bond acceptors (Lipinski definition) is 40. The second-order valence-electron chi connectivity index (χ2n) is 25.4. The van der Waals surface area contributed by atoms with E-state index in [4.69, 9.17) is 71.1 Å². The van der Waals surface area contributed by atoms with Crippen LogP contribution in [0.3, 0.4) is 0 Å². The van der Waals surface area contributed by atoms with Crippen molar-refractivity contribution in [2.75, 3.05) is 46.2 Å². The molecule has 40 atom stereocenters. The zero-order chi connectivity index (χ0) is 73.8. The highest BCUT2D eigenvalue weighted by molar-refractivity contribution is 5.74. The molecule has 4 amide bonds. The fraction of sp³-hybridized carbons (Fsp3) is 0.929. The van der Waals surface area contributed by atoms with Crippen LogP contribution < -0.4 is 21.3 Å². The fourth-order valence-corrected chi connectivity index (χ4v) is 12.7. The first kappa shape index (κ1) is 82.1.